The molecule has 0 saturated heterocycles. The molecule has 2 bridgehead atoms. The molecule has 33 heavy (non-hydrogen) atoms. The third kappa shape index (κ3) is 1.88. The van der Waals surface area contributed by atoms with Gasteiger partial charge in [-0.1, -0.05) is 0 Å². The van der Waals surface area contributed by atoms with Crippen molar-refractivity contribution < 1.29 is 8.85 Å². The van der Waals surface area contributed by atoms with E-state index in [0.717, 1.165) is 76.4 Å². The lowest BCUT2D eigenvalue weighted by atomic mass is 9.66. The van der Waals surface area contributed by atoms with Crippen LogP contribution in [0.5, 0.6) is 0 Å². The van der Waals surface area contributed by atoms with Crippen LogP contribution in [0.2, 0.25) is 6.04 Å². The first-order chi connectivity index (χ1) is 16.1. The van der Waals surface area contributed by atoms with Crippen LogP contribution in [0, 0.1) is 68.0 Å². The van der Waals surface area contributed by atoms with Gasteiger partial charge in [-0.05, 0) is 139 Å². The van der Waals surface area contributed by atoms with E-state index in [1.165, 1.54) is 18.3 Å². The van der Waals surface area contributed by atoms with Crippen LogP contribution in [0.1, 0.15) is 64.2 Å². The standard InChI is InChI=1S/C28H42N2O2Si/c1-31-33(6-2-4-30-5-3-29)32-22-21-16-7-23(8-16)13-24(23)9-17(24)18-10-25(18)14-26(25)11-19(26)20-12-27(20)15-28(21,22)27/h16-22,30,33H,2-15,29H2,1H3. The van der Waals surface area contributed by atoms with Crippen molar-refractivity contribution in [1.82, 2.24) is 5.32 Å². The highest BCUT2D eigenvalue weighted by atomic mass is 28.3. The molecule has 6 spiro atoms. The van der Waals surface area contributed by atoms with E-state index in [0.29, 0.717) is 11.5 Å². The first kappa shape index (κ1) is 19.2. The lowest BCUT2D eigenvalue weighted by Crippen LogP contribution is -2.32. The number of nitrogens with one attached hydrogen (secondary N) is 1. The summed E-state index contributed by atoms with van der Waals surface area (Å²) in [5.41, 5.74) is 10.5. The monoisotopic (exact) mass is 466 g/mol. The van der Waals surface area contributed by atoms with E-state index in [9.17, 15) is 0 Å². The lowest BCUT2D eigenvalue weighted by Gasteiger charge is -2.38. The molecule has 4 nitrogen and oxygen atoms in total. The Kier molecular flexibility index (Phi) is 3.03. The molecule has 5 heteroatoms. The van der Waals surface area contributed by atoms with Gasteiger partial charge in [0.2, 0.25) is 0 Å². The average molecular weight is 467 g/mol. The summed E-state index contributed by atoms with van der Waals surface area (Å²) < 4.78 is 13.1. The Balaban J connectivity index is 0.904. The topological polar surface area (TPSA) is 56.5 Å². The molecule has 180 valence electrons. The van der Waals surface area contributed by atoms with Gasteiger partial charge in [-0.2, -0.15) is 0 Å². The van der Waals surface area contributed by atoms with Gasteiger partial charge in [-0.15, -0.1) is 0 Å². The van der Waals surface area contributed by atoms with Gasteiger partial charge in [-0.3, -0.25) is 0 Å². The molecule has 0 aromatic heterocycles. The maximum atomic E-state index is 7.03. The Hall–Kier alpha value is 0.0569. The summed E-state index contributed by atoms with van der Waals surface area (Å²) in [7, 11) is 0.373. The lowest BCUT2D eigenvalue weighted by molar-refractivity contribution is 0.0943. The SMILES string of the molecule is CO[SiH](CCCNCCN)OC1C2C3CC4(C3)CC43CC3C3CC34CC43CC3C3CC34CC124. The molecule has 0 amide bonds. The third-order valence-electron chi connectivity index (χ3n) is 14.8. The molecule has 11 rings (SSSR count). The molecule has 11 aliphatic rings. The first-order valence-corrected chi connectivity index (χ1v) is 16.4. The maximum Gasteiger partial charge on any atom is 0.321 e. The zero-order chi connectivity index (χ0) is 21.6. The predicted octanol–water partition coefficient (Wildman–Crippen LogP) is 3.44. The summed E-state index contributed by atoms with van der Waals surface area (Å²) in [6, 6.07) is 1.15. The second-order valence-corrected chi connectivity index (χ2v) is 17.5. The molecule has 12 atom stereocenters. The summed E-state index contributed by atoms with van der Waals surface area (Å²) in [6.45, 7) is 2.71. The molecule has 11 saturated carbocycles. The van der Waals surface area contributed by atoms with Crippen LogP contribution < -0.4 is 11.1 Å². The highest BCUT2D eigenvalue weighted by Gasteiger charge is 3.01. The minimum atomic E-state index is -1.55. The van der Waals surface area contributed by atoms with Gasteiger partial charge in [0.05, 0.1) is 6.10 Å². The quantitative estimate of drug-likeness (QED) is 0.404. The van der Waals surface area contributed by atoms with Crippen molar-refractivity contribution in [3.63, 3.8) is 0 Å². The van der Waals surface area contributed by atoms with Crippen molar-refractivity contribution in [2.45, 2.75) is 76.4 Å². The van der Waals surface area contributed by atoms with Crippen molar-refractivity contribution >= 4 is 9.28 Å². The van der Waals surface area contributed by atoms with Gasteiger partial charge in [0.25, 0.3) is 0 Å². The Morgan fingerprint density at radius 1 is 0.848 bits per heavy atom. The fraction of sp³-hybridized carbons (Fsp3) is 1.00. The van der Waals surface area contributed by atoms with E-state index in [-0.39, 0.29) is 0 Å². The number of nitrogens with two attached hydrogens (primary N) is 1. The Labute approximate surface area is 200 Å². The van der Waals surface area contributed by atoms with Crippen molar-refractivity contribution in [3.05, 3.63) is 0 Å². The van der Waals surface area contributed by atoms with Gasteiger partial charge in [-0.25, -0.2) is 0 Å². The second-order valence-electron chi connectivity index (χ2n) is 15.3. The van der Waals surface area contributed by atoms with E-state index in [4.69, 9.17) is 14.6 Å². The minimum absolute atomic E-state index is 0.586. The van der Waals surface area contributed by atoms with E-state index < -0.39 is 9.28 Å². The van der Waals surface area contributed by atoms with Gasteiger partial charge >= 0.3 is 9.28 Å². The average Bonchev–Trinajstić information content (AvgIpc) is 3.58. The molecular weight excluding hydrogens is 424 g/mol. The van der Waals surface area contributed by atoms with Crippen LogP contribution in [0.25, 0.3) is 0 Å². The van der Waals surface area contributed by atoms with Crippen molar-refractivity contribution in [1.29, 1.82) is 0 Å². The van der Waals surface area contributed by atoms with Gasteiger partial charge in [0.15, 0.2) is 0 Å². The first-order valence-electron chi connectivity index (χ1n) is 14.6. The minimum Gasteiger partial charge on any atom is -0.400 e. The summed E-state index contributed by atoms with van der Waals surface area (Å²) in [6.07, 6.45) is 16.3. The van der Waals surface area contributed by atoms with E-state index in [2.05, 4.69) is 5.32 Å². The summed E-state index contributed by atoms with van der Waals surface area (Å²) >= 11 is 0. The van der Waals surface area contributed by atoms with Crippen molar-refractivity contribution in [3.8, 4) is 0 Å². The van der Waals surface area contributed by atoms with Crippen LogP contribution in [0.15, 0.2) is 0 Å². The largest absolute Gasteiger partial charge is 0.400 e. The van der Waals surface area contributed by atoms with E-state index in [1.54, 1.807) is 57.8 Å². The van der Waals surface area contributed by atoms with Crippen LogP contribution in [-0.4, -0.2) is 42.1 Å². The number of hydrogen-bond acceptors (Lipinski definition) is 4. The molecule has 0 aliphatic heterocycles. The van der Waals surface area contributed by atoms with Crippen molar-refractivity contribution in [2.75, 3.05) is 26.7 Å². The Morgan fingerprint density at radius 3 is 2.30 bits per heavy atom. The van der Waals surface area contributed by atoms with Gasteiger partial charge < -0.3 is 19.9 Å². The molecule has 11 fully saturated rings. The zero-order valence-corrected chi connectivity index (χ0v) is 21.6. The van der Waals surface area contributed by atoms with Crippen LogP contribution in [0.3, 0.4) is 0 Å². The molecule has 0 aromatic rings. The second kappa shape index (κ2) is 5.21. The number of rotatable bonds is 9. The molecule has 3 N–H and O–H groups in total. The number of hydrogen-bond donors (Lipinski definition) is 2. The third-order valence-corrected chi connectivity index (χ3v) is 16.8. The zero-order valence-electron chi connectivity index (χ0n) is 20.4. The van der Waals surface area contributed by atoms with Gasteiger partial charge in [0, 0.05) is 25.6 Å². The fourth-order valence-electron chi connectivity index (χ4n) is 13.0. The molecular formula is C28H42N2O2Si. The van der Waals surface area contributed by atoms with Crippen LogP contribution in [0.4, 0.5) is 0 Å². The molecule has 12 unspecified atom stereocenters. The highest BCUT2D eigenvalue weighted by molar-refractivity contribution is 6.44. The molecule has 0 aromatic carbocycles. The Morgan fingerprint density at radius 2 is 1.55 bits per heavy atom. The van der Waals surface area contributed by atoms with Crippen molar-refractivity contribution in [2.24, 2.45) is 73.7 Å². The van der Waals surface area contributed by atoms with Gasteiger partial charge in [0.1, 0.15) is 0 Å². The summed E-state index contributed by atoms with van der Waals surface area (Å²) in [5, 5.41) is 3.45. The Bertz CT molecular complexity index is 985. The molecule has 11 aliphatic carbocycles. The highest BCUT2D eigenvalue weighted by Crippen LogP contribution is 3.06. The smallest absolute Gasteiger partial charge is 0.321 e. The maximum absolute atomic E-state index is 7.03. The molecule has 0 radical (unpaired) electrons. The van der Waals surface area contributed by atoms with E-state index >= 15 is 0 Å². The van der Waals surface area contributed by atoms with Crippen LogP contribution in [-0.2, 0) is 8.85 Å². The summed E-state index contributed by atoms with van der Waals surface area (Å²) in [4.78, 5) is 0. The fourth-order valence-corrected chi connectivity index (χ4v) is 14.8. The molecule has 0 heterocycles. The predicted molar refractivity (Wildman–Crippen MR) is 127 cm³/mol. The normalized spacial score (nSPS) is 69.1. The van der Waals surface area contributed by atoms with Crippen LogP contribution >= 0.6 is 0 Å². The summed E-state index contributed by atoms with van der Waals surface area (Å²) in [5.74, 6) is 6.55. The van der Waals surface area contributed by atoms with E-state index in [1.807, 2.05) is 7.11 Å².